The van der Waals surface area contributed by atoms with E-state index < -0.39 is 17.6 Å². The number of hydrogen-bond donors (Lipinski definition) is 2. The van der Waals surface area contributed by atoms with Crippen molar-refractivity contribution < 1.29 is 19.4 Å². The zero-order valence-electron chi connectivity index (χ0n) is 12.4. The number of likely N-dealkylation sites (tertiary alicyclic amines) is 1. The van der Waals surface area contributed by atoms with Crippen molar-refractivity contribution >= 4 is 12.1 Å². The number of piperidine rings is 1. The predicted octanol–water partition coefficient (Wildman–Crippen LogP) is 1.75. The second kappa shape index (κ2) is 6.74. The molecule has 1 aliphatic rings. The lowest BCUT2D eigenvalue weighted by Crippen LogP contribution is -2.40. The van der Waals surface area contributed by atoms with Crippen molar-refractivity contribution in [3.63, 3.8) is 0 Å². The largest absolute Gasteiger partial charge is 0.480 e. The van der Waals surface area contributed by atoms with Gasteiger partial charge in [0.15, 0.2) is 0 Å². The van der Waals surface area contributed by atoms with Crippen LogP contribution >= 0.6 is 0 Å². The summed E-state index contributed by atoms with van der Waals surface area (Å²) in [6.07, 6.45) is 3.40. The van der Waals surface area contributed by atoms with Crippen LogP contribution in [0.2, 0.25) is 0 Å². The normalized spacial score (nSPS) is 17.6. The minimum Gasteiger partial charge on any atom is -0.480 e. The van der Waals surface area contributed by atoms with E-state index in [4.69, 9.17) is 15.6 Å². The molecule has 20 heavy (non-hydrogen) atoms. The van der Waals surface area contributed by atoms with Gasteiger partial charge in [-0.15, -0.1) is 0 Å². The third-order valence-corrected chi connectivity index (χ3v) is 3.04. The first kappa shape index (κ1) is 16.5. The molecule has 0 radical (unpaired) electrons. The Kier molecular flexibility index (Phi) is 5.56. The van der Waals surface area contributed by atoms with Crippen molar-refractivity contribution in [2.45, 2.75) is 51.7 Å². The molecule has 3 N–H and O–H groups in total. The summed E-state index contributed by atoms with van der Waals surface area (Å²) >= 11 is 0. The lowest BCUT2D eigenvalue weighted by Gasteiger charge is -2.31. The molecule has 0 aromatic rings. The van der Waals surface area contributed by atoms with Gasteiger partial charge in [0.2, 0.25) is 0 Å². The quantitative estimate of drug-likeness (QED) is 0.770. The minimum absolute atomic E-state index is 0.293. The van der Waals surface area contributed by atoms with Gasteiger partial charge in [-0.25, -0.2) is 4.79 Å². The Balaban J connectivity index is 2.42. The number of ether oxygens (including phenoxy) is 1. The van der Waals surface area contributed by atoms with E-state index >= 15 is 0 Å². The summed E-state index contributed by atoms with van der Waals surface area (Å²) in [5, 5.41) is 8.71. The number of hydrogen-bond acceptors (Lipinski definition) is 4. The number of rotatable bonds is 3. The van der Waals surface area contributed by atoms with Gasteiger partial charge in [-0.05, 0) is 40.0 Å². The summed E-state index contributed by atoms with van der Waals surface area (Å²) in [5.74, 6) is -0.993. The monoisotopic (exact) mass is 284 g/mol. The maximum absolute atomic E-state index is 11.9. The van der Waals surface area contributed by atoms with Crippen molar-refractivity contribution in [2.24, 2.45) is 5.73 Å². The fourth-order valence-electron chi connectivity index (χ4n) is 1.90. The first-order valence-electron chi connectivity index (χ1n) is 6.83. The van der Waals surface area contributed by atoms with E-state index in [1.165, 1.54) is 0 Å². The molecule has 0 bridgehead atoms. The number of carboxylic acids is 1. The number of aliphatic carboxylic acids is 1. The minimum atomic E-state index is -0.993. The van der Waals surface area contributed by atoms with Gasteiger partial charge in [0.05, 0.1) is 0 Å². The molecule has 0 aliphatic carbocycles. The lowest BCUT2D eigenvalue weighted by atomic mass is 10.0. The van der Waals surface area contributed by atoms with E-state index in [9.17, 15) is 9.59 Å². The molecule has 1 heterocycles. The highest BCUT2D eigenvalue weighted by atomic mass is 16.6. The second-order valence-corrected chi connectivity index (χ2v) is 6.01. The fraction of sp³-hybridized carbons (Fsp3) is 0.714. The van der Waals surface area contributed by atoms with Crippen molar-refractivity contribution in [2.75, 3.05) is 13.1 Å². The van der Waals surface area contributed by atoms with E-state index in [1.807, 2.05) is 26.8 Å². The number of carboxylic acid groups (broad SMARTS) is 1. The third-order valence-electron chi connectivity index (χ3n) is 3.04. The van der Waals surface area contributed by atoms with Gasteiger partial charge < -0.3 is 20.5 Å². The molecule has 1 amide bonds. The van der Waals surface area contributed by atoms with Crippen molar-refractivity contribution in [3.05, 3.63) is 11.6 Å². The Morgan fingerprint density at radius 1 is 1.40 bits per heavy atom. The highest BCUT2D eigenvalue weighted by Gasteiger charge is 2.24. The van der Waals surface area contributed by atoms with Crippen molar-refractivity contribution in [1.82, 2.24) is 4.90 Å². The van der Waals surface area contributed by atoms with Gasteiger partial charge in [-0.3, -0.25) is 4.79 Å². The van der Waals surface area contributed by atoms with Crippen LogP contribution in [-0.4, -0.2) is 46.8 Å². The van der Waals surface area contributed by atoms with E-state index in [2.05, 4.69) is 0 Å². The van der Waals surface area contributed by atoms with Crippen LogP contribution in [0.25, 0.3) is 0 Å². The molecule has 1 rings (SSSR count). The smallest absolute Gasteiger partial charge is 0.410 e. The molecule has 0 aromatic heterocycles. The Morgan fingerprint density at radius 2 is 1.95 bits per heavy atom. The first-order chi connectivity index (χ1) is 9.19. The van der Waals surface area contributed by atoms with Crippen LogP contribution in [0.4, 0.5) is 4.79 Å². The molecular weight excluding hydrogens is 260 g/mol. The molecule has 1 fully saturated rings. The molecule has 1 saturated heterocycles. The molecule has 6 nitrogen and oxygen atoms in total. The first-order valence-corrected chi connectivity index (χ1v) is 6.83. The van der Waals surface area contributed by atoms with Crippen LogP contribution in [0.5, 0.6) is 0 Å². The van der Waals surface area contributed by atoms with Crippen LogP contribution in [-0.2, 0) is 9.53 Å². The van der Waals surface area contributed by atoms with Crippen LogP contribution in [0.3, 0.4) is 0 Å². The molecular formula is C14H24N2O4. The fourth-order valence-corrected chi connectivity index (χ4v) is 1.90. The number of amides is 1. The molecule has 0 unspecified atom stereocenters. The number of carbonyl (C=O) groups excluding carboxylic acids is 1. The van der Waals surface area contributed by atoms with Crippen LogP contribution in [0.1, 0.15) is 40.0 Å². The van der Waals surface area contributed by atoms with Crippen LogP contribution < -0.4 is 5.73 Å². The number of nitrogens with zero attached hydrogens (tertiary/aromatic N) is 1. The van der Waals surface area contributed by atoms with Crippen molar-refractivity contribution in [1.29, 1.82) is 0 Å². The highest BCUT2D eigenvalue weighted by molar-refractivity contribution is 5.73. The Hall–Kier alpha value is -1.56. The molecule has 0 spiro atoms. The van der Waals surface area contributed by atoms with Gasteiger partial charge >= 0.3 is 12.1 Å². The lowest BCUT2D eigenvalue weighted by molar-refractivity contribution is -0.138. The Labute approximate surface area is 119 Å². The molecule has 114 valence electrons. The summed E-state index contributed by atoms with van der Waals surface area (Å²) in [7, 11) is 0. The molecule has 1 aliphatic heterocycles. The van der Waals surface area contributed by atoms with Crippen LogP contribution in [0.15, 0.2) is 11.6 Å². The predicted molar refractivity (Wildman–Crippen MR) is 75.4 cm³/mol. The van der Waals surface area contributed by atoms with E-state index in [0.29, 0.717) is 19.5 Å². The maximum Gasteiger partial charge on any atom is 0.410 e. The average molecular weight is 284 g/mol. The van der Waals surface area contributed by atoms with Crippen molar-refractivity contribution in [3.8, 4) is 0 Å². The van der Waals surface area contributed by atoms with E-state index in [0.717, 1.165) is 18.4 Å². The third kappa shape index (κ3) is 5.61. The van der Waals surface area contributed by atoms with Crippen LogP contribution in [0, 0.1) is 0 Å². The second-order valence-electron chi connectivity index (χ2n) is 6.01. The summed E-state index contributed by atoms with van der Waals surface area (Å²) < 4.78 is 5.31. The molecule has 0 aromatic carbocycles. The number of carbonyl (C=O) groups is 2. The average Bonchev–Trinajstić information content (AvgIpc) is 2.34. The zero-order valence-corrected chi connectivity index (χ0v) is 12.4. The standard InChI is InChI=1S/C14H24N2O4/c1-14(2,3)20-13(19)16-8-6-10(7-9-16)4-5-11(15)12(17)18/h4,11H,5-9,15H2,1-3H3,(H,17,18)/t11-/m1/s1. The molecule has 1 atom stereocenters. The number of nitrogens with two attached hydrogens (primary N) is 1. The zero-order chi connectivity index (χ0) is 15.3. The summed E-state index contributed by atoms with van der Waals surface area (Å²) in [6, 6.07) is -0.855. The summed E-state index contributed by atoms with van der Waals surface area (Å²) in [4.78, 5) is 24.2. The van der Waals surface area contributed by atoms with E-state index in [1.54, 1.807) is 4.90 Å². The Bertz CT molecular complexity index is 388. The SMILES string of the molecule is CC(C)(C)OC(=O)N1CCC(=CC[C@@H](N)C(=O)O)CC1. The molecule has 6 heteroatoms. The highest BCUT2D eigenvalue weighted by Crippen LogP contribution is 2.19. The van der Waals surface area contributed by atoms with Gasteiger partial charge in [-0.2, -0.15) is 0 Å². The topological polar surface area (TPSA) is 92.9 Å². The van der Waals surface area contributed by atoms with Gasteiger partial charge in [0.1, 0.15) is 11.6 Å². The maximum atomic E-state index is 11.9. The molecule has 0 saturated carbocycles. The van der Waals surface area contributed by atoms with Gasteiger partial charge in [0, 0.05) is 13.1 Å². The van der Waals surface area contributed by atoms with E-state index in [-0.39, 0.29) is 6.09 Å². The van der Waals surface area contributed by atoms with Gasteiger partial charge in [-0.1, -0.05) is 11.6 Å². The summed E-state index contributed by atoms with van der Waals surface area (Å²) in [5.41, 5.74) is 6.12. The summed E-state index contributed by atoms with van der Waals surface area (Å²) in [6.45, 7) is 6.72. The Morgan fingerprint density at radius 3 is 2.40 bits per heavy atom. The van der Waals surface area contributed by atoms with Gasteiger partial charge in [0.25, 0.3) is 0 Å².